The summed E-state index contributed by atoms with van der Waals surface area (Å²) in [4.78, 5) is 15.4. The van der Waals surface area contributed by atoms with Crippen LogP contribution < -0.4 is 0 Å². The summed E-state index contributed by atoms with van der Waals surface area (Å²) in [5.74, 6) is 0.889. The molecule has 1 aromatic rings. The minimum atomic E-state index is -0.366. The zero-order valence-corrected chi connectivity index (χ0v) is 9.27. The third-order valence-electron chi connectivity index (χ3n) is 1.49. The zero-order valence-electron chi connectivity index (χ0n) is 7.70. The summed E-state index contributed by atoms with van der Waals surface area (Å²) in [6, 6.07) is 3.40. The van der Waals surface area contributed by atoms with Crippen LogP contribution in [-0.4, -0.2) is 29.7 Å². The third kappa shape index (κ3) is 2.89. The standard InChI is InChI=1S/C9H10ClNO2S/c1-13-9(12)7-3-2-5-11-8(7)14-6-4-10/h2-3,5H,4,6H2,1H3. The summed E-state index contributed by atoms with van der Waals surface area (Å²) in [6.45, 7) is 0. The molecule has 0 radical (unpaired) electrons. The van der Waals surface area contributed by atoms with Gasteiger partial charge in [-0.15, -0.1) is 23.4 Å². The number of hydrogen-bond acceptors (Lipinski definition) is 4. The first kappa shape index (κ1) is 11.3. The molecule has 1 rings (SSSR count). The molecule has 0 aliphatic rings. The zero-order chi connectivity index (χ0) is 10.4. The van der Waals surface area contributed by atoms with E-state index in [2.05, 4.69) is 9.72 Å². The number of alkyl halides is 1. The molecule has 0 N–H and O–H groups in total. The summed E-state index contributed by atoms with van der Waals surface area (Å²) >= 11 is 7.00. The number of esters is 1. The van der Waals surface area contributed by atoms with Crippen LogP contribution in [-0.2, 0) is 4.74 Å². The lowest BCUT2D eigenvalue weighted by atomic mass is 10.3. The van der Waals surface area contributed by atoms with E-state index in [0.717, 1.165) is 5.75 Å². The quantitative estimate of drug-likeness (QED) is 0.453. The molecule has 14 heavy (non-hydrogen) atoms. The van der Waals surface area contributed by atoms with Crippen LogP contribution in [0.5, 0.6) is 0 Å². The lowest BCUT2D eigenvalue weighted by Gasteiger charge is -2.04. The molecule has 1 heterocycles. The van der Waals surface area contributed by atoms with Gasteiger partial charge in [0, 0.05) is 17.8 Å². The molecular formula is C9H10ClNO2S. The van der Waals surface area contributed by atoms with Crippen LogP contribution in [0, 0.1) is 0 Å². The molecule has 0 aliphatic carbocycles. The van der Waals surface area contributed by atoms with E-state index in [1.165, 1.54) is 18.9 Å². The molecule has 0 saturated heterocycles. The number of pyridine rings is 1. The molecule has 76 valence electrons. The fourth-order valence-corrected chi connectivity index (χ4v) is 1.85. The molecule has 0 spiro atoms. The first-order valence-electron chi connectivity index (χ1n) is 4.01. The smallest absolute Gasteiger partial charge is 0.340 e. The number of ether oxygens (including phenoxy) is 1. The van der Waals surface area contributed by atoms with Crippen LogP contribution in [0.1, 0.15) is 10.4 Å². The van der Waals surface area contributed by atoms with Gasteiger partial charge in [-0.3, -0.25) is 0 Å². The van der Waals surface area contributed by atoms with Crippen LogP contribution in [0.4, 0.5) is 0 Å². The molecule has 0 fully saturated rings. The maximum atomic E-state index is 11.3. The van der Waals surface area contributed by atoms with E-state index < -0.39 is 0 Å². The van der Waals surface area contributed by atoms with E-state index in [-0.39, 0.29) is 5.97 Å². The van der Waals surface area contributed by atoms with Crippen molar-refractivity contribution in [1.82, 2.24) is 4.98 Å². The van der Waals surface area contributed by atoms with Crippen molar-refractivity contribution in [3.05, 3.63) is 23.9 Å². The lowest BCUT2D eigenvalue weighted by molar-refractivity contribution is 0.0596. The van der Waals surface area contributed by atoms with Gasteiger partial charge in [0.25, 0.3) is 0 Å². The maximum absolute atomic E-state index is 11.3. The lowest BCUT2D eigenvalue weighted by Crippen LogP contribution is -2.04. The van der Waals surface area contributed by atoms with Gasteiger partial charge in [0.05, 0.1) is 12.7 Å². The predicted molar refractivity (Wildman–Crippen MR) is 57.0 cm³/mol. The fraction of sp³-hybridized carbons (Fsp3) is 0.333. The summed E-state index contributed by atoms with van der Waals surface area (Å²) in [7, 11) is 1.35. The van der Waals surface area contributed by atoms with Crippen molar-refractivity contribution in [2.24, 2.45) is 0 Å². The highest BCUT2D eigenvalue weighted by molar-refractivity contribution is 7.99. The normalized spacial score (nSPS) is 9.86. The van der Waals surface area contributed by atoms with Crippen LogP contribution in [0.15, 0.2) is 23.4 Å². The predicted octanol–water partition coefficient (Wildman–Crippen LogP) is 2.20. The average molecular weight is 232 g/mol. The van der Waals surface area contributed by atoms with E-state index >= 15 is 0 Å². The second kappa shape index (κ2) is 5.88. The maximum Gasteiger partial charge on any atom is 0.340 e. The Kier molecular flexibility index (Phi) is 4.76. The SMILES string of the molecule is COC(=O)c1cccnc1SCCCl. The van der Waals surface area contributed by atoms with Crippen LogP contribution in [0.2, 0.25) is 0 Å². The van der Waals surface area contributed by atoms with Crippen molar-refractivity contribution in [3.63, 3.8) is 0 Å². The summed E-state index contributed by atoms with van der Waals surface area (Å²) < 4.78 is 4.63. The van der Waals surface area contributed by atoms with Gasteiger partial charge in [-0.05, 0) is 12.1 Å². The molecule has 0 saturated carbocycles. The second-order valence-corrected chi connectivity index (χ2v) is 3.85. The van der Waals surface area contributed by atoms with Gasteiger partial charge >= 0.3 is 5.97 Å². The highest BCUT2D eigenvalue weighted by atomic mass is 35.5. The monoisotopic (exact) mass is 231 g/mol. The molecule has 0 aliphatic heterocycles. The van der Waals surface area contributed by atoms with E-state index in [1.807, 2.05) is 0 Å². The average Bonchev–Trinajstić information content (AvgIpc) is 2.25. The Hall–Kier alpha value is -0.740. The van der Waals surface area contributed by atoms with Crippen LogP contribution in [0.3, 0.4) is 0 Å². The Labute approximate surface area is 91.8 Å². The molecule has 0 aromatic carbocycles. The number of aromatic nitrogens is 1. The first-order valence-corrected chi connectivity index (χ1v) is 5.53. The minimum absolute atomic E-state index is 0.366. The van der Waals surface area contributed by atoms with Crippen molar-refractivity contribution in [1.29, 1.82) is 0 Å². The molecule has 1 aromatic heterocycles. The number of thioether (sulfide) groups is 1. The Balaban J connectivity index is 2.85. The molecular weight excluding hydrogens is 222 g/mol. The van der Waals surface area contributed by atoms with Crippen molar-refractivity contribution in [2.45, 2.75) is 5.03 Å². The highest BCUT2D eigenvalue weighted by Crippen LogP contribution is 2.20. The third-order valence-corrected chi connectivity index (χ3v) is 2.91. The highest BCUT2D eigenvalue weighted by Gasteiger charge is 2.11. The van der Waals surface area contributed by atoms with Crippen molar-refractivity contribution in [3.8, 4) is 0 Å². The summed E-state index contributed by atoms with van der Waals surface area (Å²) in [6.07, 6.45) is 1.64. The number of carbonyl (C=O) groups excluding carboxylic acids is 1. The first-order chi connectivity index (χ1) is 6.79. The Bertz CT molecular complexity index is 319. The number of halogens is 1. The molecule has 5 heteroatoms. The summed E-state index contributed by atoms with van der Waals surface area (Å²) in [5, 5.41) is 0.667. The number of rotatable bonds is 4. The molecule has 0 amide bonds. The van der Waals surface area contributed by atoms with Gasteiger partial charge in [0.15, 0.2) is 0 Å². The molecule has 3 nitrogen and oxygen atoms in total. The molecule has 0 unspecified atom stereocenters. The van der Waals surface area contributed by atoms with Gasteiger partial charge < -0.3 is 4.74 Å². The van der Waals surface area contributed by atoms with E-state index in [1.54, 1.807) is 18.3 Å². The Morgan fingerprint density at radius 1 is 1.71 bits per heavy atom. The minimum Gasteiger partial charge on any atom is -0.465 e. The van der Waals surface area contributed by atoms with Crippen LogP contribution >= 0.6 is 23.4 Å². The van der Waals surface area contributed by atoms with Crippen molar-refractivity contribution < 1.29 is 9.53 Å². The van der Waals surface area contributed by atoms with Gasteiger partial charge in [-0.1, -0.05) is 0 Å². The molecule has 0 bridgehead atoms. The topological polar surface area (TPSA) is 39.2 Å². The Morgan fingerprint density at radius 3 is 3.14 bits per heavy atom. The van der Waals surface area contributed by atoms with Crippen molar-refractivity contribution in [2.75, 3.05) is 18.7 Å². The Morgan fingerprint density at radius 2 is 2.50 bits per heavy atom. The number of hydrogen-bond donors (Lipinski definition) is 0. The van der Waals surface area contributed by atoms with E-state index in [4.69, 9.17) is 11.6 Å². The van der Waals surface area contributed by atoms with Gasteiger partial charge in [-0.2, -0.15) is 0 Å². The number of carbonyl (C=O) groups is 1. The van der Waals surface area contributed by atoms with Crippen molar-refractivity contribution >= 4 is 29.3 Å². The van der Waals surface area contributed by atoms with Crippen LogP contribution in [0.25, 0.3) is 0 Å². The van der Waals surface area contributed by atoms with Gasteiger partial charge in [0.1, 0.15) is 5.03 Å². The second-order valence-electron chi connectivity index (χ2n) is 2.39. The van der Waals surface area contributed by atoms with E-state index in [0.29, 0.717) is 16.5 Å². The number of nitrogens with zero attached hydrogens (tertiary/aromatic N) is 1. The number of methoxy groups -OCH3 is 1. The van der Waals surface area contributed by atoms with Gasteiger partial charge in [-0.25, -0.2) is 9.78 Å². The largest absolute Gasteiger partial charge is 0.465 e. The van der Waals surface area contributed by atoms with Gasteiger partial charge in [0.2, 0.25) is 0 Å². The molecule has 0 atom stereocenters. The van der Waals surface area contributed by atoms with E-state index in [9.17, 15) is 4.79 Å². The fourth-order valence-electron chi connectivity index (χ4n) is 0.906. The summed E-state index contributed by atoms with van der Waals surface area (Å²) in [5.41, 5.74) is 0.491.